The van der Waals surface area contributed by atoms with E-state index in [9.17, 15) is 31.9 Å². The molecule has 2 N–H and O–H groups in total. The third kappa shape index (κ3) is 4.87. The predicted molar refractivity (Wildman–Crippen MR) is 110 cm³/mol. The van der Waals surface area contributed by atoms with Crippen molar-refractivity contribution in [3.05, 3.63) is 66.1 Å². The van der Waals surface area contributed by atoms with Crippen molar-refractivity contribution in [2.45, 2.75) is 18.3 Å². The average Bonchev–Trinajstić information content (AvgIpc) is 3.49. The third-order valence-corrected chi connectivity index (χ3v) is 4.94. The molecule has 0 bridgehead atoms. The number of anilines is 1. The minimum atomic E-state index is -5.30. The molecule has 0 saturated heterocycles. The molecule has 0 saturated carbocycles. The molecule has 0 fully saturated rings. The number of rotatable bonds is 8. The number of nitrogens with one attached hydrogen (secondary N) is 1. The van der Waals surface area contributed by atoms with E-state index in [-0.39, 0.29) is 18.1 Å². The van der Waals surface area contributed by atoms with Gasteiger partial charge in [-0.05, 0) is 12.1 Å². The van der Waals surface area contributed by atoms with Crippen molar-refractivity contribution in [2.24, 2.45) is 0 Å². The van der Waals surface area contributed by atoms with Gasteiger partial charge in [0.15, 0.2) is 23.7 Å². The Morgan fingerprint density at radius 1 is 1.11 bits per heavy atom. The van der Waals surface area contributed by atoms with Gasteiger partial charge in [0.1, 0.15) is 23.5 Å². The summed E-state index contributed by atoms with van der Waals surface area (Å²) in [7, 11) is 0. The molecule has 0 radical (unpaired) electrons. The highest BCUT2D eigenvalue weighted by molar-refractivity contribution is 5.66. The zero-order valence-electron chi connectivity index (χ0n) is 17.5. The number of nitrogens with zero attached hydrogens (tertiary/aromatic N) is 5. The van der Waals surface area contributed by atoms with E-state index in [1.54, 1.807) is 12.1 Å². The first-order valence-electron chi connectivity index (χ1n) is 9.85. The van der Waals surface area contributed by atoms with Gasteiger partial charge in [-0.2, -0.15) is 18.3 Å². The number of carbonyl (C=O) groups excluding carboxylic acids is 1. The molecule has 4 aromatic rings. The molecule has 182 valence electrons. The Morgan fingerprint density at radius 3 is 2.54 bits per heavy atom. The average molecular weight is 494 g/mol. The number of aldehydes is 1. The highest BCUT2D eigenvalue weighted by atomic mass is 19.4. The molecule has 0 aliphatic heterocycles. The first kappa shape index (κ1) is 23.9. The van der Waals surface area contributed by atoms with E-state index in [0.717, 1.165) is 0 Å². The first-order valence-corrected chi connectivity index (χ1v) is 9.85. The van der Waals surface area contributed by atoms with Crippen molar-refractivity contribution in [1.82, 2.24) is 24.9 Å². The van der Waals surface area contributed by atoms with Crippen LogP contribution in [0.2, 0.25) is 0 Å². The second-order valence-corrected chi connectivity index (χ2v) is 7.33. The molecule has 1 unspecified atom stereocenters. The Hall–Kier alpha value is -4.20. The van der Waals surface area contributed by atoms with Gasteiger partial charge in [-0.15, -0.1) is 0 Å². The topological polar surface area (TPSA) is 119 Å². The number of hydrogen-bond donors (Lipinski definition) is 2. The van der Waals surface area contributed by atoms with Crippen LogP contribution in [0.1, 0.15) is 5.56 Å². The summed E-state index contributed by atoms with van der Waals surface area (Å²) >= 11 is 0. The number of aliphatic hydroxyl groups is 1. The van der Waals surface area contributed by atoms with Crippen LogP contribution in [0.5, 0.6) is 0 Å². The van der Waals surface area contributed by atoms with Crippen LogP contribution in [0.15, 0.2) is 53.4 Å². The normalized spacial score (nSPS) is 13.4. The quantitative estimate of drug-likeness (QED) is 0.283. The zero-order chi connectivity index (χ0) is 25.2. The lowest BCUT2D eigenvalue weighted by Crippen LogP contribution is -2.52. The molecular weight excluding hydrogens is 479 g/mol. The molecule has 1 atom stereocenters. The molecule has 9 nitrogen and oxygen atoms in total. The summed E-state index contributed by atoms with van der Waals surface area (Å²) in [5.41, 5.74) is -2.70. The molecule has 0 spiro atoms. The maximum absolute atomic E-state index is 14.2. The van der Waals surface area contributed by atoms with Crippen LogP contribution in [0.3, 0.4) is 0 Å². The van der Waals surface area contributed by atoms with Crippen molar-refractivity contribution in [2.75, 3.05) is 11.9 Å². The third-order valence-electron chi connectivity index (χ3n) is 4.94. The fourth-order valence-corrected chi connectivity index (χ4v) is 3.03. The second kappa shape index (κ2) is 9.21. The van der Waals surface area contributed by atoms with E-state index < -0.39 is 42.1 Å². The molecule has 1 aromatic carbocycles. The fraction of sp³-hybridized carbons (Fsp3) is 0.190. The molecular formula is C21H15F5N6O3. The Kier molecular flexibility index (Phi) is 6.30. The summed E-state index contributed by atoms with van der Waals surface area (Å²) < 4.78 is 73.4. The van der Waals surface area contributed by atoms with Gasteiger partial charge in [0.2, 0.25) is 5.60 Å². The fourth-order valence-electron chi connectivity index (χ4n) is 3.03. The minimum absolute atomic E-state index is 0.0287. The highest BCUT2D eigenvalue weighted by Crippen LogP contribution is 2.30. The van der Waals surface area contributed by atoms with E-state index in [0.29, 0.717) is 23.1 Å². The summed E-state index contributed by atoms with van der Waals surface area (Å²) in [5.74, 6) is -2.52. The van der Waals surface area contributed by atoms with Crippen molar-refractivity contribution in [1.29, 1.82) is 0 Å². The number of halogens is 5. The Labute approximate surface area is 193 Å². The van der Waals surface area contributed by atoms with Crippen molar-refractivity contribution < 1.29 is 36.4 Å². The second-order valence-electron chi connectivity index (χ2n) is 7.33. The summed E-state index contributed by atoms with van der Waals surface area (Å²) in [6.45, 7) is -1.42. The van der Waals surface area contributed by atoms with Crippen LogP contribution in [0.25, 0.3) is 22.9 Å². The molecule has 14 heteroatoms. The standard InChI is InChI=1S/C21H15F5N6O3/c22-13-4-2-1-3-12(13)9-32-17(15-5-6-35-31-15)7-16(30-32)19-27-8-14(23)18(29-19)28-10-20(34,11-33)21(24,25)26/h1-8,11,34H,9-10H2,(H,27,28,29). The number of benzene rings is 1. The molecule has 3 heterocycles. The molecule has 0 aliphatic carbocycles. The smallest absolute Gasteiger partial charge is 0.373 e. The minimum Gasteiger partial charge on any atom is -0.373 e. The van der Waals surface area contributed by atoms with Gasteiger partial charge in [0.25, 0.3) is 0 Å². The lowest BCUT2D eigenvalue weighted by molar-refractivity contribution is -0.239. The molecule has 0 aliphatic rings. The Balaban J connectivity index is 1.68. The van der Waals surface area contributed by atoms with Gasteiger partial charge in [0.05, 0.1) is 25.0 Å². The van der Waals surface area contributed by atoms with E-state index in [2.05, 4.69) is 20.2 Å². The summed E-state index contributed by atoms with van der Waals surface area (Å²) in [6, 6.07) is 8.96. The lowest BCUT2D eigenvalue weighted by Gasteiger charge is -2.25. The van der Waals surface area contributed by atoms with Gasteiger partial charge in [0, 0.05) is 11.6 Å². The van der Waals surface area contributed by atoms with Crippen molar-refractivity contribution >= 4 is 12.1 Å². The van der Waals surface area contributed by atoms with E-state index in [1.165, 1.54) is 35.2 Å². The number of aromatic nitrogens is 5. The van der Waals surface area contributed by atoms with Crippen molar-refractivity contribution in [3.8, 4) is 22.9 Å². The van der Waals surface area contributed by atoms with Gasteiger partial charge >= 0.3 is 6.18 Å². The zero-order valence-corrected chi connectivity index (χ0v) is 17.5. The largest absolute Gasteiger partial charge is 0.425 e. The summed E-state index contributed by atoms with van der Waals surface area (Å²) in [4.78, 5) is 18.5. The monoisotopic (exact) mass is 494 g/mol. The van der Waals surface area contributed by atoms with Crippen LogP contribution in [-0.2, 0) is 11.3 Å². The number of hydrogen-bond acceptors (Lipinski definition) is 8. The summed E-state index contributed by atoms with van der Waals surface area (Å²) in [6.07, 6.45) is -4.01. The number of alkyl halides is 3. The van der Waals surface area contributed by atoms with Crippen LogP contribution in [0.4, 0.5) is 27.8 Å². The van der Waals surface area contributed by atoms with Gasteiger partial charge in [-0.25, -0.2) is 18.7 Å². The highest BCUT2D eigenvalue weighted by Gasteiger charge is 2.54. The Bertz CT molecular complexity index is 1340. The first-order chi connectivity index (χ1) is 16.6. The maximum Gasteiger partial charge on any atom is 0.425 e. The summed E-state index contributed by atoms with van der Waals surface area (Å²) in [5, 5.41) is 19.6. The van der Waals surface area contributed by atoms with Crippen LogP contribution < -0.4 is 5.32 Å². The SMILES string of the molecule is O=CC(O)(CNc1nc(-c2cc(-c3ccon3)n(Cc3ccccc3F)n2)ncc1F)C(F)(F)F. The molecule has 3 aromatic heterocycles. The van der Waals surface area contributed by atoms with Gasteiger partial charge in [-0.1, -0.05) is 23.4 Å². The van der Waals surface area contributed by atoms with Crippen LogP contribution >= 0.6 is 0 Å². The number of carbonyl (C=O) groups is 1. The Morgan fingerprint density at radius 2 is 1.89 bits per heavy atom. The van der Waals surface area contributed by atoms with Crippen molar-refractivity contribution in [3.63, 3.8) is 0 Å². The van der Waals surface area contributed by atoms with Gasteiger partial charge < -0.3 is 14.9 Å². The van der Waals surface area contributed by atoms with E-state index in [1.807, 2.05) is 5.32 Å². The molecule has 35 heavy (non-hydrogen) atoms. The van der Waals surface area contributed by atoms with E-state index >= 15 is 0 Å². The van der Waals surface area contributed by atoms with E-state index in [4.69, 9.17) is 4.52 Å². The molecule has 0 amide bonds. The maximum atomic E-state index is 14.2. The lowest BCUT2D eigenvalue weighted by atomic mass is 10.1. The molecule has 4 rings (SSSR count). The van der Waals surface area contributed by atoms with Crippen LogP contribution in [0, 0.1) is 11.6 Å². The predicted octanol–water partition coefficient (Wildman–Crippen LogP) is 3.23. The van der Waals surface area contributed by atoms with Gasteiger partial charge in [-0.3, -0.25) is 9.48 Å². The van der Waals surface area contributed by atoms with Crippen LogP contribution in [-0.4, -0.2) is 54.6 Å².